The van der Waals surface area contributed by atoms with Gasteiger partial charge >= 0.3 is 10.0 Å². The van der Waals surface area contributed by atoms with Gasteiger partial charge in [0.25, 0.3) is 0 Å². The number of hydrogen-bond donors (Lipinski definition) is 2. The number of nitrogens with zero attached hydrogens (tertiary/aromatic N) is 4. The van der Waals surface area contributed by atoms with E-state index in [0.29, 0.717) is 9.75 Å². The van der Waals surface area contributed by atoms with Crippen LogP contribution in [0, 0.1) is 20.2 Å². The van der Waals surface area contributed by atoms with Crippen molar-refractivity contribution in [1.82, 2.24) is 0 Å². The molecule has 0 amide bonds. The second-order valence-electron chi connectivity index (χ2n) is 3.36. The molecule has 22 heavy (non-hydrogen) atoms. The van der Waals surface area contributed by atoms with E-state index in [4.69, 9.17) is 10.4 Å². The van der Waals surface area contributed by atoms with Gasteiger partial charge in [0.15, 0.2) is 0 Å². The molecule has 2 aromatic rings. The Labute approximate surface area is 130 Å². The van der Waals surface area contributed by atoms with Crippen molar-refractivity contribution in [3.63, 3.8) is 0 Å². The van der Waals surface area contributed by atoms with Crippen LogP contribution in [0.5, 0.6) is 0 Å². The Morgan fingerprint density at radius 1 is 0.864 bits per heavy atom. The second kappa shape index (κ2) is 8.43. The van der Waals surface area contributed by atoms with Gasteiger partial charge in [0, 0.05) is 12.1 Å². The van der Waals surface area contributed by atoms with Gasteiger partial charge in [0.2, 0.25) is 0 Å². The zero-order valence-electron chi connectivity index (χ0n) is 10.6. The van der Waals surface area contributed by atoms with E-state index in [-0.39, 0.29) is 10.0 Å². The Kier molecular flexibility index (Phi) is 6.59. The highest BCUT2D eigenvalue weighted by atomic mass is 32.1. The van der Waals surface area contributed by atoms with Crippen molar-refractivity contribution >= 4 is 45.1 Å². The predicted molar refractivity (Wildman–Crippen MR) is 80.7 cm³/mol. The molecule has 0 spiro atoms. The SMILES string of the molecule is O=[N+]([O-])c1ccc(C=NO)s1.O=[N+]([O-])c1ccc(C=NO)s1. The molecular weight excluding hydrogens is 336 g/mol. The van der Waals surface area contributed by atoms with Gasteiger partial charge in [0.05, 0.1) is 32.0 Å². The van der Waals surface area contributed by atoms with Crippen LogP contribution < -0.4 is 0 Å². The maximum atomic E-state index is 10.1. The summed E-state index contributed by atoms with van der Waals surface area (Å²) in [6.07, 6.45) is 2.30. The average Bonchev–Trinajstić information content (AvgIpc) is 3.09. The fraction of sp³-hybridized carbons (Fsp3) is 0. The Morgan fingerprint density at radius 3 is 1.45 bits per heavy atom. The minimum absolute atomic E-state index is 0.0416. The lowest BCUT2D eigenvalue weighted by Gasteiger charge is -1.79. The van der Waals surface area contributed by atoms with E-state index in [0.717, 1.165) is 35.1 Å². The van der Waals surface area contributed by atoms with Gasteiger partial charge in [-0.3, -0.25) is 20.2 Å². The van der Waals surface area contributed by atoms with Crippen molar-refractivity contribution in [2.45, 2.75) is 0 Å². The van der Waals surface area contributed by atoms with Crippen molar-refractivity contribution in [3.8, 4) is 0 Å². The standard InChI is InChI=1S/2C5H4N2O3S/c2*8-6-3-4-1-2-5(11-4)7(9)10/h2*1-3,8H. The number of nitro groups is 2. The Hall–Kier alpha value is -2.86. The summed E-state index contributed by atoms with van der Waals surface area (Å²) in [5.41, 5.74) is 0. The molecular formula is C10H8N4O6S2. The first-order chi connectivity index (χ1) is 10.5. The Bertz CT molecular complexity index is 648. The summed E-state index contributed by atoms with van der Waals surface area (Å²) in [4.78, 5) is 20.4. The fourth-order valence-electron chi connectivity index (χ4n) is 1.13. The van der Waals surface area contributed by atoms with Gasteiger partial charge in [-0.15, -0.1) is 0 Å². The maximum Gasteiger partial charge on any atom is 0.324 e. The minimum atomic E-state index is -0.487. The molecule has 2 N–H and O–H groups in total. The number of rotatable bonds is 4. The third-order valence-corrected chi connectivity index (χ3v) is 3.90. The molecule has 2 heterocycles. The van der Waals surface area contributed by atoms with Crippen molar-refractivity contribution < 1.29 is 20.3 Å². The Balaban J connectivity index is 0.000000220. The summed E-state index contributed by atoms with van der Waals surface area (Å²) in [6.45, 7) is 0. The number of oxime groups is 2. The molecule has 0 aliphatic heterocycles. The number of thiophene rings is 2. The molecule has 2 aromatic heterocycles. The number of hydrogen-bond acceptors (Lipinski definition) is 10. The van der Waals surface area contributed by atoms with Crippen LogP contribution in [0.3, 0.4) is 0 Å². The summed E-state index contributed by atoms with van der Waals surface area (Å²) < 4.78 is 0. The lowest BCUT2D eigenvalue weighted by atomic mass is 10.5. The van der Waals surface area contributed by atoms with Crippen LogP contribution in [0.1, 0.15) is 9.75 Å². The van der Waals surface area contributed by atoms with E-state index in [1.54, 1.807) is 0 Å². The third-order valence-electron chi connectivity index (χ3n) is 1.96. The van der Waals surface area contributed by atoms with Crippen LogP contribution in [0.2, 0.25) is 0 Å². The minimum Gasteiger partial charge on any atom is -0.411 e. The molecule has 10 nitrogen and oxygen atoms in total. The van der Waals surface area contributed by atoms with Gasteiger partial charge in [-0.05, 0) is 12.1 Å². The molecule has 12 heteroatoms. The zero-order chi connectivity index (χ0) is 16.5. The Morgan fingerprint density at radius 2 is 1.23 bits per heavy atom. The molecule has 0 unspecified atom stereocenters. The summed E-state index contributed by atoms with van der Waals surface area (Å²) in [6, 6.07) is 5.76. The molecule has 2 rings (SSSR count). The lowest BCUT2D eigenvalue weighted by Crippen LogP contribution is -1.80. The third kappa shape index (κ3) is 5.26. The normalized spacial score (nSPS) is 10.5. The van der Waals surface area contributed by atoms with Crippen LogP contribution in [0.15, 0.2) is 34.6 Å². The van der Waals surface area contributed by atoms with E-state index < -0.39 is 9.85 Å². The lowest BCUT2D eigenvalue weighted by molar-refractivity contribution is -0.380. The summed E-state index contributed by atoms with van der Waals surface area (Å²) >= 11 is 1.91. The molecule has 0 saturated heterocycles. The molecule has 0 atom stereocenters. The largest absolute Gasteiger partial charge is 0.411 e. The van der Waals surface area contributed by atoms with E-state index in [9.17, 15) is 20.2 Å². The summed E-state index contributed by atoms with van der Waals surface area (Å²) in [5.74, 6) is 0. The summed E-state index contributed by atoms with van der Waals surface area (Å²) in [5, 5.41) is 42.0. The first-order valence-electron chi connectivity index (χ1n) is 5.31. The smallest absolute Gasteiger partial charge is 0.324 e. The molecule has 0 aliphatic carbocycles. The van der Waals surface area contributed by atoms with Gasteiger partial charge in [0.1, 0.15) is 0 Å². The van der Waals surface area contributed by atoms with E-state index in [1.807, 2.05) is 0 Å². The topological polar surface area (TPSA) is 151 Å². The molecule has 0 aromatic carbocycles. The van der Waals surface area contributed by atoms with Gasteiger partial charge in [-0.1, -0.05) is 33.0 Å². The quantitative estimate of drug-likeness (QED) is 0.376. The fourth-order valence-corrected chi connectivity index (χ4v) is 2.51. The molecule has 0 bridgehead atoms. The van der Waals surface area contributed by atoms with Crippen LogP contribution in [0.25, 0.3) is 0 Å². The van der Waals surface area contributed by atoms with Crippen molar-refractivity contribution in [3.05, 3.63) is 54.2 Å². The van der Waals surface area contributed by atoms with Crippen LogP contribution in [0.4, 0.5) is 10.0 Å². The summed E-state index contributed by atoms with van der Waals surface area (Å²) in [7, 11) is 0. The van der Waals surface area contributed by atoms with Crippen molar-refractivity contribution in [1.29, 1.82) is 0 Å². The molecule has 0 aliphatic rings. The highest BCUT2D eigenvalue weighted by molar-refractivity contribution is 7.17. The molecule has 0 saturated carbocycles. The first kappa shape index (κ1) is 17.2. The average molecular weight is 344 g/mol. The first-order valence-corrected chi connectivity index (χ1v) is 6.94. The van der Waals surface area contributed by atoms with Crippen molar-refractivity contribution in [2.24, 2.45) is 10.3 Å². The van der Waals surface area contributed by atoms with E-state index in [2.05, 4.69) is 10.3 Å². The molecule has 0 radical (unpaired) electrons. The van der Waals surface area contributed by atoms with E-state index in [1.165, 1.54) is 24.3 Å². The predicted octanol–water partition coefficient (Wildman–Crippen LogP) is 2.93. The van der Waals surface area contributed by atoms with E-state index >= 15 is 0 Å². The highest BCUT2D eigenvalue weighted by Crippen LogP contribution is 2.22. The monoisotopic (exact) mass is 344 g/mol. The molecule has 116 valence electrons. The molecule has 0 fully saturated rings. The highest BCUT2D eigenvalue weighted by Gasteiger charge is 2.08. The van der Waals surface area contributed by atoms with Gasteiger partial charge in [-0.25, -0.2) is 0 Å². The van der Waals surface area contributed by atoms with Crippen LogP contribution in [-0.2, 0) is 0 Å². The maximum absolute atomic E-state index is 10.1. The van der Waals surface area contributed by atoms with Gasteiger partial charge in [-0.2, -0.15) is 0 Å². The zero-order valence-corrected chi connectivity index (χ0v) is 12.2. The van der Waals surface area contributed by atoms with Crippen LogP contribution in [-0.4, -0.2) is 32.7 Å². The second-order valence-corrected chi connectivity index (χ2v) is 5.54. The van der Waals surface area contributed by atoms with Gasteiger partial charge < -0.3 is 10.4 Å². The van der Waals surface area contributed by atoms with Crippen molar-refractivity contribution in [2.75, 3.05) is 0 Å². The van der Waals surface area contributed by atoms with Crippen LogP contribution >= 0.6 is 22.7 Å².